The van der Waals surface area contributed by atoms with Crippen LogP contribution >= 0.6 is 18.6 Å². The van der Waals surface area contributed by atoms with Crippen molar-refractivity contribution in [3.05, 3.63) is 5.21 Å². The van der Waals surface area contributed by atoms with Crippen LogP contribution in [-0.2, 0) is 0 Å². The molecule has 0 fully saturated rings. The van der Waals surface area contributed by atoms with Crippen LogP contribution < -0.4 is 17.5 Å². The van der Waals surface area contributed by atoms with Crippen molar-refractivity contribution in [2.24, 2.45) is 0 Å². The van der Waals surface area contributed by atoms with E-state index < -0.39 is 0 Å². The SMILES string of the molecule is CCCN([O-])[I-]I. The molecule has 0 atom stereocenters. The van der Waals surface area contributed by atoms with Crippen molar-refractivity contribution in [3.63, 3.8) is 0 Å². The summed E-state index contributed by atoms with van der Waals surface area (Å²) < 4.78 is 1.15. The number of nitrogens with zero attached hydrogens (tertiary/aromatic N) is 1. The van der Waals surface area contributed by atoms with Crippen LogP contribution in [0.1, 0.15) is 13.3 Å². The second kappa shape index (κ2) is 5.52. The van der Waals surface area contributed by atoms with Gasteiger partial charge in [0, 0.05) is 0 Å². The maximum atomic E-state index is 10.4. The molecule has 0 amide bonds. The van der Waals surface area contributed by atoms with Crippen molar-refractivity contribution in [2.75, 3.05) is 6.54 Å². The Bertz CT molecular complexity index is 43.9. The molecule has 0 aromatic rings. The summed E-state index contributed by atoms with van der Waals surface area (Å²) in [6.07, 6.45) is 0.978. The zero-order valence-electron chi connectivity index (χ0n) is 4.03. The number of hydroxylamine groups is 1. The number of hydrogen-bond donors (Lipinski definition) is 0. The Kier molecular flexibility index (Phi) is 6.60. The normalized spacial score (nSPS) is 10.9. The van der Waals surface area contributed by atoms with E-state index in [1.54, 1.807) is 0 Å². The molecule has 0 saturated carbocycles. The van der Waals surface area contributed by atoms with Gasteiger partial charge < -0.3 is 0 Å². The van der Waals surface area contributed by atoms with Crippen LogP contribution in [0, 0.1) is 5.21 Å². The topological polar surface area (TPSA) is 26.3 Å². The van der Waals surface area contributed by atoms with Crippen LogP contribution in [0.5, 0.6) is 0 Å². The van der Waals surface area contributed by atoms with E-state index in [1.165, 1.54) is 0 Å². The third-order valence-corrected chi connectivity index (χ3v) is 4.09. The van der Waals surface area contributed by atoms with Gasteiger partial charge in [-0.2, -0.15) is 0 Å². The second-order valence-electron chi connectivity index (χ2n) is 1.11. The van der Waals surface area contributed by atoms with Gasteiger partial charge in [0.25, 0.3) is 0 Å². The van der Waals surface area contributed by atoms with Crippen molar-refractivity contribution in [1.29, 1.82) is 0 Å². The Hall–Kier alpha value is 1.38. The van der Waals surface area contributed by atoms with Gasteiger partial charge in [0.1, 0.15) is 0 Å². The van der Waals surface area contributed by atoms with Crippen molar-refractivity contribution in [2.45, 2.75) is 13.3 Å². The Balaban J connectivity index is 2.83. The van der Waals surface area contributed by atoms with E-state index in [0.29, 0.717) is 0 Å². The Labute approximate surface area is 64.0 Å². The molecule has 0 saturated heterocycles. The van der Waals surface area contributed by atoms with E-state index in [0.717, 1.165) is 16.2 Å². The van der Waals surface area contributed by atoms with Gasteiger partial charge in [0.2, 0.25) is 0 Å². The quantitative estimate of drug-likeness (QED) is 0.360. The van der Waals surface area contributed by atoms with Crippen molar-refractivity contribution in [3.8, 4) is 0 Å². The molecule has 7 heavy (non-hydrogen) atoms. The number of hydrogen-bond acceptors (Lipinski definition) is 2. The predicted octanol–water partition coefficient (Wildman–Crippen LogP) is -1.45. The summed E-state index contributed by atoms with van der Waals surface area (Å²) in [7, 11) is 0. The summed E-state index contributed by atoms with van der Waals surface area (Å²) in [5.41, 5.74) is 0. The first-order chi connectivity index (χ1) is 3.31. The van der Waals surface area contributed by atoms with E-state index in [2.05, 4.69) is 18.6 Å². The molecule has 0 aliphatic carbocycles. The van der Waals surface area contributed by atoms with E-state index in [-0.39, 0.29) is 17.5 Å². The van der Waals surface area contributed by atoms with Gasteiger partial charge in [-0.3, -0.25) is 0 Å². The van der Waals surface area contributed by atoms with Gasteiger partial charge >= 0.3 is 64.5 Å². The fourth-order valence-corrected chi connectivity index (χ4v) is 2.10. The third kappa shape index (κ3) is 5.25. The van der Waals surface area contributed by atoms with Gasteiger partial charge in [-0.25, -0.2) is 0 Å². The molecule has 0 rings (SSSR count). The van der Waals surface area contributed by atoms with Gasteiger partial charge in [-0.05, 0) is 0 Å². The van der Waals surface area contributed by atoms with E-state index in [1.807, 2.05) is 6.92 Å². The fourth-order valence-electron chi connectivity index (χ4n) is 0.208. The first-order valence-electron chi connectivity index (χ1n) is 2.02. The molecule has 46 valence electrons. The molecule has 0 aliphatic rings. The zero-order chi connectivity index (χ0) is 5.70. The predicted molar refractivity (Wildman–Crippen MR) is 34.4 cm³/mol. The van der Waals surface area contributed by atoms with Gasteiger partial charge in [0.15, 0.2) is 0 Å². The van der Waals surface area contributed by atoms with Crippen LogP contribution in [0.4, 0.5) is 0 Å². The molecule has 0 bridgehead atoms. The molecule has 0 spiro atoms. The van der Waals surface area contributed by atoms with E-state index >= 15 is 0 Å². The van der Waals surface area contributed by atoms with E-state index in [9.17, 15) is 5.21 Å². The molecule has 2 nitrogen and oxygen atoms in total. The summed E-state index contributed by atoms with van der Waals surface area (Å²) in [4.78, 5) is 0. The Morgan fingerprint density at radius 2 is 2.43 bits per heavy atom. The van der Waals surface area contributed by atoms with Crippen LogP contribution in [0.25, 0.3) is 0 Å². The summed E-state index contributed by atoms with van der Waals surface area (Å²) in [6.45, 7) is 2.73. The molecule has 0 unspecified atom stereocenters. The minimum atomic E-state index is -0.214. The fraction of sp³-hybridized carbons (Fsp3) is 1.00. The third-order valence-electron chi connectivity index (χ3n) is 0.471. The average molecular weight is 327 g/mol. The monoisotopic (exact) mass is 327 g/mol. The van der Waals surface area contributed by atoms with Crippen LogP contribution in [-0.4, -0.2) is 9.82 Å². The summed E-state index contributed by atoms with van der Waals surface area (Å²) in [5.74, 6) is 0. The summed E-state index contributed by atoms with van der Waals surface area (Å²) >= 11 is 1.95. The molecule has 0 aliphatic heterocycles. The molecule has 0 aromatic carbocycles. The standard InChI is InChI=1S/C3H7I2NO/c1-2-3-6(7)5-4/h2-3H2,1H3/q-2. The van der Waals surface area contributed by atoms with Crippen molar-refractivity contribution < 1.29 is 17.5 Å². The molecular weight excluding hydrogens is 320 g/mol. The summed E-state index contributed by atoms with van der Waals surface area (Å²) in [6, 6.07) is 0. The van der Waals surface area contributed by atoms with Crippen LogP contribution in [0.15, 0.2) is 0 Å². The molecule has 0 aromatic heterocycles. The Morgan fingerprint density at radius 3 is 2.57 bits per heavy atom. The summed E-state index contributed by atoms with van der Waals surface area (Å²) in [5, 5.41) is 10.4. The second-order valence-corrected chi connectivity index (χ2v) is 4.99. The maximum absolute atomic E-state index is 10.4. The molecular formula is C3H7I2NO-2. The Morgan fingerprint density at radius 1 is 1.86 bits per heavy atom. The molecule has 4 heteroatoms. The van der Waals surface area contributed by atoms with Gasteiger partial charge in [0.05, 0.1) is 0 Å². The minimum absolute atomic E-state index is 0.214. The van der Waals surface area contributed by atoms with Gasteiger partial charge in [-0.15, -0.1) is 0 Å². The molecule has 0 heterocycles. The zero-order valence-corrected chi connectivity index (χ0v) is 8.34. The molecule has 0 radical (unpaired) electrons. The van der Waals surface area contributed by atoms with Crippen molar-refractivity contribution >= 4 is 18.6 Å². The number of rotatable bonds is 3. The first-order valence-corrected chi connectivity index (χ1v) is 9.27. The molecule has 0 N–H and O–H groups in total. The van der Waals surface area contributed by atoms with E-state index in [4.69, 9.17) is 0 Å². The first kappa shape index (κ1) is 8.38. The van der Waals surface area contributed by atoms with Crippen LogP contribution in [0.2, 0.25) is 0 Å². The number of halogens is 2. The average Bonchev–Trinajstić information content (AvgIpc) is 1.68. The van der Waals surface area contributed by atoms with Gasteiger partial charge in [-0.1, -0.05) is 0 Å². The van der Waals surface area contributed by atoms with Crippen LogP contribution in [0.3, 0.4) is 0 Å². The van der Waals surface area contributed by atoms with Crippen molar-refractivity contribution in [1.82, 2.24) is 3.28 Å².